The zero-order valence-electron chi connectivity index (χ0n) is 13.7. The van der Waals surface area contributed by atoms with Gasteiger partial charge in [-0.2, -0.15) is 0 Å². The first-order valence-electron chi connectivity index (χ1n) is 7.65. The molecule has 0 bridgehead atoms. The Hall–Kier alpha value is -2.49. The van der Waals surface area contributed by atoms with E-state index in [0.717, 1.165) is 13.5 Å². The molecule has 0 spiro atoms. The summed E-state index contributed by atoms with van der Waals surface area (Å²) in [6, 6.07) is 4.59. The van der Waals surface area contributed by atoms with Gasteiger partial charge in [0.1, 0.15) is 11.6 Å². The molecular formula is C16H20FN3O5. The number of benzene rings is 1. The Balaban J connectivity index is 0.000000511. The van der Waals surface area contributed by atoms with Crippen LogP contribution >= 0.6 is 0 Å². The highest BCUT2D eigenvalue weighted by Gasteiger charge is 2.20. The minimum atomic E-state index is -0.833. The Kier molecular flexibility index (Phi) is 6.45. The molecule has 0 aliphatic carbocycles. The number of hydrogen-bond donors (Lipinski definition) is 3. The number of nitrogens with one attached hydrogen (secondary N) is 1. The maximum atomic E-state index is 14.3. The molecular weight excluding hydrogens is 333 g/mol. The molecule has 0 amide bonds. The summed E-state index contributed by atoms with van der Waals surface area (Å²) in [5.41, 5.74) is 6.29. The Labute approximate surface area is 143 Å². The number of aromatic nitrogens is 1. The SMILES string of the molecule is CC(=O)O.NCc1cn(-c2ccc([C@H]3CNCCO3)c(F)c2)c(=O)o1. The number of carbonyl (C=O) groups is 1. The van der Waals surface area contributed by atoms with Gasteiger partial charge in [-0.05, 0) is 12.1 Å². The molecule has 2 heterocycles. The van der Waals surface area contributed by atoms with Crippen molar-refractivity contribution >= 4 is 5.97 Å². The molecule has 1 aromatic carbocycles. The van der Waals surface area contributed by atoms with Gasteiger partial charge in [0.25, 0.3) is 5.97 Å². The normalized spacial score (nSPS) is 16.8. The second kappa shape index (κ2) is 8.56. The molecule has 9 heteroatoms. The van der Waals surface area contributed by atoms with Crippen LogP contribution in [0.4, 0.5) is 4.39 Å². The van der Waals surface area contributed by atoms with Crippen LogP contribution in [0.2, 0.25) is 0 Å². The lowest BCUT2D eigenvalue weighted by Gasteiger charge is -2.24. The van der Waals surface area contributed by atoms with Crippen LogP contribution in [0.5, 0.6) is 0 Å². The Bertz CT molecular complexity index is 776. The smallest absolute Gasteiger partial charge is 0.423 e. The van der Waals surface area contributed by atoms with Crippen molar-refractivity contribution in [3.05, 3.63) is 52.1 Å². The molecule has 8 nitrogen and oxygen atoms in total. The highest BCUT2D eigenvalue weighted by Crippen LogP contribution is 2.23. The molecule has 0 saturated carbocycles. The molecule has 0 unspecified atom stereocenters. The molecule has 1 atom stereocenters. The van der Waals surface area contributed by atoms with Gasteiger partial charge < -0.3 is 25.3 Å². The molecule has 1 aromatic heterocycles. The number of carboxylic acids is 1. The monoisotopic (exact) mass is 353 g/mol. The molecule has 1 aliphatic rings. The number of ether oxygens (including phenoxy) is 1. The number of rotatable bonds is 3. The molecule has 1 fully saturated rings. The van der Waals surface area contributed by atoms with Crippen molar-refractivity contribution in [2.45, 2.75) is 19.6 Å². The lowest BCUT2D eigenvalue weighted by Crippen LogP contribution is -2.33. The van der Waals surface area contributed by atoms with Crippen molar-refractivity contribution in [3.63, 3.8) is 0 Å². The van der Waals surface area contributed by atoms with Gasteiger partial charge in [0.2, 0.25) is 0 Å². The average molecular weight is 353 g/mol. The zero-order chi connectivity index (χ0) is 18.4. The van der Waals surface area contributed by atoms with Crippen LogP contribution in [0.15, 0.2) is 33.6 Å². The van der Waals surface area contributed by atoms with Gasteiger partial charge in [0.05, 0.1) is 31.1 Å². The van der Waals surface area contributed by atoms with Crippen LogP contribution in [0.3, 0.4) is 0 Å². The van der Waals surface area contributed by atoms with Crippen LogP contribution in [-0.2, 0) is 16.1 Å². The minimum absolute atomic E-state index is 0.115. The first kappa shape index (κ1) is 18.8. The average Bonchev–Trinajstić information content (AvgIpc) is 2.96. The summed E-state index contributed by atoms with van der Waals surface area (Å²) in [5, 5.41) is 10.6. The summed E-state index contributed by atoms with van der Waals surface area (Å²) < 4.78 is 26.0. The quantitative estimate of drug-likeness (QED) is 0.746. The van der Waals surface area contributed by atoms with Crippen molar-refractivity contribution < 1.29 is 23.4 Å². The van der Waals surface area contributed by atoms with Crippen LogP contribution < -0.4 is 16.8 Å². The number of halogens is 1. The van der Waals surface area contributed by atoms with Crippen molar-refractivity contribution in [3.8, 4) is 5.69 Å². The van der Waals surface area contributed by atoms with E-state index in [9.17, 15) is 9.18 Å². The van der Waals surface area contributed by atoms with E-state index in [0.29, 0.717) is 30.2 Å². The predicted molar refractivity (Wildman–Crippen MR) is 87.0 cm³/mol. The molecule has 136 valence electrons. The number of morpholine rings is 1. The third-order valence-corrected chi connectivity index (χ3v) is 3.43. The van der Waals surface area contributed by atoms with Gasteiger partial charge >= 0.3 is 5.76 Å². The molecule has 1 aliphatic heterocycles. The largest absolute Gasteiger partial charge is 0.481 e. The topological polar surface area (TPSA) is 120 Å². The standard InChI is InChI=1S/C14H16FN3O3.C2H4O2/c15-12-5-9(18-8-10(6-16)21-14(18)19)1-2-11(12)13-7-17-3-4-20-13;1-2(3)4/h1-2,5,8,13,17H,3-4,6-7,16H2;1H3,(H,3,4)/t13-;/m1./s1. The zero-order valence-corrected chi connectivity index (χ0v) is 13.7. The summed E-state index contributed by atoms with van der Waals surface area (Å²) in [6.07, 6.45) is 1.16. The van der Waals surface area contributed by atoms with E-state index in [4.69, 9.17) is 24.8 Å². The number of aliphatic carboxylic acids is 1. The number of nitrogens with zero attached hydrogens (tertiary/aromatic N) is 1. The van der Waals surface area contributed by atoms with E-state index in [-0.39, 0.29) is 12.6 Å². The van der Waals surface area contributed by atoms with Crippen LogP contribution in [0, 0.1) is 5.82 Å². The summed E-state index contributed by atoms with van der Waals surface area (Å²) in [5.74, 6) is -1.48. The van der Waals surface area contributed by atoms with E-state index < -0.39 is 17.5 Å². The van der Waals surface area contributed by atoms with E-state index in [1.54, 1.807) is 12.1 Å². The summed E-state index contributed by atoms with van der Waals surface area (Å²) in [7, 11) is 0. The third kappa shape index (κ3) is 4.99. The Morgan fingerprint density at radius 1 is 1.52 bits per heavy atom. The molecule has 1 saturated heterocycles. The molecule has 0 radical (unpaired) electrons. The fourth-order valence-corrected chi connectivity index (χ4v) is 2.35. The molecule has 2 aromatic rings. The van der Waals surface area contributed by atoms with E-state index in [1.807, 2.05) is 0 Å². The van der Waals surface area contributed by atoms with Gasteiger partial charge in [0, 0.05) is 25.6 Å². The number of hydrogen-bond acceptors (Lipinski definition) is 6. The van der Waals surface area contributed by atoms with Gasteiger partial charge in [-0.1, -0.05) is 6.07 Å². The second-order valence-electron chi connectivity index (χ2n) is 5.33. The number of nitrogens with two attached hydrogens (primary N) is 1. The molecule has 25 heavy (non-hydrogen) atoms. The first-order valence-corrected chi connectivity index (χ1v) is 7.65. The van der Waals surface area contributed by atoms with E-state index in [2.05, 4.69) is 5.32 Å². The highest BCUT2D eigenvalue weighted by molar-refractivity contribution is 5.62. The Morgan fingerprint density at radius 2 is 2.24 bits per heavy atom. The Morgan fingerprint density at radius 3 is 2.76 bits per heavy atom. The van der Waals surface area contributed by atoms with Crippen molar-refractivity contribution in [2.24, 2.45) is 5.73 Å². The highest BCUT2D eigenvalue weighted by atomic mass is 19.1. The lowest BCUT2D eigenvalue weighted by atomic mass is 10.1. The van der Waals surface area contributed by atoms with Crippen molar-refractivity contribution in [2.75, 3.05) is 19.7 Å². The third-order valence-electron chi connectivity index (χ3n) is 3.43. The van der Waals surface area contributed by atoms with Gasteiger partial charge in [-0.25, -0.2) is 13.8 Å². The maximum absolute atomic E-state index is 14.3. The maximum Gasteiger partial charge on any atom is 0.423 e. The van der Waals surface area contributed by atoms with Gasteiger partial charge in [0.15, 0.2) is 0 Å². The van der Waals surface area contributed by atoms with E-state index >= 15 is 0 Å². The predicted octanol–water partition coefficient (Wildman–Crippen LogP) is 0.780. The number of oxazole rings is 1. The van der Waals surface area contributed by atoms with Crippen LogP contribution in [0.1, 0.15) is 24.4 Å². The van der Waals surface area contributed by atoms with Gasteiger partial charge in [-0.15, -0.1) is 0 Å². The van der Waals surface area contributed by atoms with Crippen molar-refractivity contribution in [1.82, 2.24) is 9.88 Å². The van der Waals surface area contributed by atoms with Crippen molar-refractivity contribution in [1.29, 1.82) is 0 Å². The number of carboxylic acid groups (broad SMARTS) is 1. The summed E-state index contributed by atoms with van der Waals surface area (Å²) in [4.78, 5) is 20.7. The fourth-order valence-electron chi connectivity index (χ4n) is 2.35. The fraction of sp³-hybridized carbons (Fsp3) is 0.375. The minimum Gasteiger partial charge on any atom is -0.481 e. The molecule has 4 N–H and O–H groups in total. The van der Waals surface area contributed by atoms with E-state index in [1.165, 1.54) is 16.8 Å². The first-order chi connectivity index (χ1) is 11.9. The van der Waals surface area contributed by atoms with Crippen LogP contribution in [0.25, 0.3) is 5.69 Å². The van der Waals surface area contributed by atoms with Crippen LogP contribution in [-0.4, -0.2) is 35.3 Å². The second-order valence-corrected chi connectivity index (χ2v) is 5.33. The van der Waals surface area contributed by atoms with Gasteiger partial charge in [-0.3, -0.25) is 4.79 Å². The summed E-state index contributed by atoms with van der Waals surface area (Å²) in [6.45, 7) is 3.08. The summed E-state index contributed by atoms with van der Waals surface area (Å²) >= 11 is 0. The molecule has 3 rings (SSSR count). The lowest BCUT2D eigenvalue weighted by molar-refractivity contribution is -0.134.